The van der Waals surface area contributed by atoms with Gasteiger partial charge in [0.1, 0.15) is 16.9 Å². The fourth-order valence-electron chi connectivity index (χ4n) is 5.42. The molecule has 1 saturated heterocycles. The molecule has 1 aliphatic carbocycles. The highest BCUT2D eigenvalue weighted by Gasteiger charge is 2.54. The van der Waals surface area contributed by atoms with Crippen LogP contribution < -0.4 is 10.6 Å². The lowest BCUT2D eigenvalue weighted by molar-refractivity contribution is -0.158. The van der Waals surface area contributed by atoms with Gasteiger partial charge in [0, 0.05) is 31.5 Å². The second-order valence-corrected chi connectivity index (χ2v) is 11.3. The van der Waals surface area contributed by atoms with E-state index in [4.69, 9.17) is 24.4 Å². The maximum Gasteiger partial charge on any atom is 0.225 e. The monoisotopic (exact) mass is 520 g/mol. The molecule has 4 heterocycles. The van der Waals surface area contributed by atoms with Crippen molar-refractivity contribution in [3.8, 4) is 10.6 Å². The average molecular weight is 521 g/mol. The summed E-state index contributed by atoms with van der Waals surface area (Å²) in [4.78, 5) is 14.6. The molecule has 1 aliphatic heterocycles. The summed E-state index contributed by atoms with van der Waals surface area (Å²) in [5.41, 5.74) is 3.80. The number of thiazole rings is 1. The number of ether oxygens (including phenoxy) is 2. The number of aromatic nitrogens is 4. The molecule has 6 rings (SSSR count). The first-order valence-corrected chi connectivity index (χ1v) is 13.4. The van der Waals surface area contributed by atoms with Crippen molar-refractivity contribution in [1.29, 1.82) is 0 Å². The summed E-state index contributed by atoms with van der Waals surface area (Å²) in [5, 5.41) is 18.0. The zero-order chi connectivity index (χ0) is 25.7. The zero-order valence-electron chi connectivity index (χ0n) is 21.4. The predicted molar refractivity (Wildman–Crippen MR) is 145 cm³/mol. The highest BCUT2D eigenvalue weighted by molar-refractivity contribution is 7.21. The second-order valence-electron chi connectivity index (χ2n) is 10.3. The van der Waals surface area contributed by atoms with Gasteiger partial charge in [-0.1, -0.05) is 12.1 Å². The highest BCUT2D eigenvalue weighted by atomic mass is 32.1. The van der Waals surface area contributed by atoms with Crippen molar-refractivity contribution in [2.45, 2.75) is 57.8 Å². The molecule has 37 heavy (non-hydrogen) atoms. The van der Waals surface area contributed by atoms with E-state index in [1.165, 1.54) is 0 Å². The molecule has 0 amide bonds. The minimum Gasteiger partial charge on any atom is -0.396 e. The topological polar surface area (TPSA) is 106 Å². The molecule has 3 N–H and O–H groups in total. The summed E-state index contributed by atoms with van der Waals surface area (Å²) in [5.74, 6) is 0.551. The molecule has 2 fully saturated rings. The van der Waals surface area contributed by atoms with Crippen molar-refractivity contribution in [3.63, 3.8) is 0 Å². The quantitative estimate of drug-likeness (QED) is 0.331. The first-order valence-electron chi connectivity index (χ1n) is 12.6. The van der Waals surface area contributed by atoms with Crippen LogP contribution in [0, 0.1) is 12.8 Å². The number of rotatable bonds is 7. The Morgan fingerprint density at radius 3 is 2.68 bits per heavy atom. The first-order chi connectivity index (χ1) is 17.8. The second kappa shape index (κ2) is 9.36. The Hall–Kier alpha value is -3.05. The van der Waals surface area contributed by atoms with Crippen molar-refractivity contribution in [3.05, 3.63) is 54.0 Å². The summed E-state index contributed by atoms with van der Waals surface area (Å²) in [6, 6.07) is 12.1. The van der Waals surface area contributed by atoms with Crippen LogP contribution in [0.4, 0.5) is 11.8 Å². The van der Waals surface area contributed by atoms with Crippen LogP contribution in [0.2, 0.25) is 0 Å². The van der Waals surface area contributed by atoms with E-state index in [2.05, 4.69) is 27.3 Å². The van der Waals surface area contributed by atoms with E-state index in [1.54, 1.807) is 11.3 Å². The molecule has 10 heteroatoms. The van der Waals surface area contributed by atoms with Gasteiger partial charge in [0.05, 0.1) is 40.2 Å². The molecule has 1 saturated carbocycles. The van der Waals surface area contributed by atoms with Crippen LogP contribution in [-0.2, 0) is 23.1 Å². The molecule has 4 aromatic rings. The van der Waals surface area contributed by atoms with Crippen molar-refractivity contribution in [2.24, 2.45) is 13.0 Å². The Kier molecular flexibility index (Phi) is 6.15. The molecule has 9 nitrogen and oxygen atoms in total. The fourth-order valence-corrected chi connectivity index (χ4v) is 6.49. The number of nitrogens with one attached hydrogen (secondary N) is 2. The Morgan fingerprint density at radius 1 is 1.11 bits per heavy atom. The van der Waals surface area contributed by atoms with Gasteiger partial charge in [0.15, 0.2) is 5.79 Å². The molecule has 0 spiro atoms. The predicted octanol–water partition coefficient (Wildman–Crippen LogP) is 4.33. The van der Waals surface area contributed by atoms with Gasteiger partial charge < -0.3 is 29.8 Å². The van der Waals surface area contributed by atoms with Crippen LogP contribution in [0.1, 0.15) is 31.7 Å². The van der Waals surface area contributed by atoms with Gasteiger partial charge in [-0.05, 0) is 51.5 Å². The third kappa shape index (κ3) is 4.59. The number of nitrogens with zero attached hydrogens (tertiary/aromatic N) is 4. The Balaban J connectivity index is 1.37. The maximum atomic E-state index is 10.0. The van der Waals surface area contributed by atoms with E-state index in [9.17, 15) is 5.11 Å². The molecule has 1 aromatic carbocycles. The number of aliphatic hydroxyl groups excluding tert-OH is 1. The molecular formula is C27H32N6O3S. The van der Waals surface area contributed by atoms with E-state index >= 15 is 0 Å². The number of aryl methyl sites for hydroxylation is 2. The van der Waals surface area contributed by atoms with Crippen molar-refractivity contribution >= 4 is 33.3 Å². The zero-order valence-corrected chi connectivity index (χ0v) is 22.2. The minimum absolute atomic E-state index is 0.00644. The number of fused-ring (bicyclic) bond motifs is 2. The summed E-state index contributed by atoms with van der Waals surface area (Å²) in [7, 11) is 2.02. The third-order valence-electron chi connectivity index (χ3n) is 7.21. The molecule has 4 atom stereocenters. The van der Waals surface area contributed by atoms with E-state index in [0.29, 0.717) is 18.3 Å². The van der Waals surface area contributed by atoms with Gasteiger partial charge in [-0.25, -0.2) is 9.97 Å². The summed E-state index contributed by atoms with van der Waals surface area (Å²) < 4.78 is 15.6. The van der Waals surface area contributed by atoms with Crippen molar-refractivity contribution in [1.82, 2.24) is 19.5 Å². The van der Waals surface area contributed by atoms with Gasteiger partial charge in [-0.15, -0.1) is 11.3 Å². The lowest BCUT2D eigenvalue weighted by Gasteiger charge is -2.25. The van der Waals surface area contributed by atoms with Gasteiger partial charge in [-0.3, -0.25) is 0 Å². The van der Waals surface area contributed by atoms with Crippen LogP contribution in [0.25, 0.3) is 20.8 Å². The smallest absolute Gasteiger partial charge is 0.225 e. The Bertz CT molecular complexity index is 1400. The minimum atomic E-state index is -0.692. The molecule has 0 radical (unpaired) electrons. The summed E-state index contributed by atoms with van der Waals surface area (Å²) >= 11 is 1.63. The number of anilines is 2. The maximum absolute atomic E-state index is 10.0. The van der Waals surface area contributed by atoms with Gasteiger partial charge in [0.25, 0.3) is 0 Å². The van der Waals surface area contributed by atoms with Gasteiger partial charge >= 0.3 is 0 Å². The summed E-state index contributed by atoms with van der Waals surface area (Å²) in [6.45, 7) is 6.49. The number of hydrogen-bond donors (Lipinski definition) is 3. The largest absolute Gasteiger partial charge is 0.396 e. The van der Waals surface area contributed by atoms with Gasteiger partial charge in [-0.2, -0.15) is 4.98 Å². The third-order valence-corrected chi connectivity index (χ3v) is 8.27. The van der Waals surface area contributed by atoms with Crippen LogP contribution in [0.3, 0.4) is 0 Å². The SMILES string of the molecule is Cc1nc(NCc2cccn2C)nc(N[C@@H]2C[C@H](CO)[C@H]3OC(C)(C)O[C@H]32)c1-c1nc2ccccc2s1. The number of benzene rings is 1. The summed E-state index contributed by atoms with van der Waals surface area (Å²) in [6.07, 6.45) is 2.38. The molecule has 0 unspecified atom stereocenters. The Labute approximate surface area is 219 Å². The molecule has 3 aromatic heterocycles. The van der Waals surface area contributed by atoms with Gasteiger partial charge in [0.2, 0.25) is 5.95 Å². The molecule has 194 valence electrons. The van der Waals surface area contributed by atoms with E-state index < -0.39 is 5.79 Å². The molecule has 2 aliphatic rings. The highest BCUT2D eigenvalue weighted by Crippen LogP contribution is 2.44. The average Bonchev–Trinajstić information content (AvgIpc) is 3.61. The van der Waals surface area contributed by atoms with Crippen LogP contribution >= 0.6 is 11.3 Å². The first kappa shape index (κ1) is 24.3. The lowest BCUT2D eigenvalue weighted by atomic mass is 10.1. The van der Waals surface area contributed by atoms with Crippen LogP contribution in [-0.4, -0.2) is 55.3 Å². The van der Waals surface area contributed by atoms with Crippen LogP contribution in [0.5, 0.6) is 0 Å². The number of aliphatic hydroxyl groups is 1. The van der Waals surface area contributed by atoms with Crippen molar-refractivity contribution in [2.75, 3.05) is 17.2 Å². The van der Waals surface area contributed by atoms with E-state index in [0.717, 1.165) is 38.6 Å². The standard InChI is InChI=1S/C27H32N6O3S/c1-15-21(25-31-18-9-5-6-10-20(18)37-25)24(32-26(29-15)28-13-17-8-7-11-33(17)4)30-19-12-16(14-34)22-23(19)36-27(2,3)35-22/h5-11,16,19,22-23,34H,12-14H2,1-4H3,(H2,28,29,30,32)/t16-,19-,22-,23+/m1/s1. The lowest BCUT2D eigenvalue weighted by Crippen LogP contribution is -2.35. The number of para-hydroxylation sites is 1. The Morgan fingerprint density at radius 2 is 1.92 bits per heavy atom. The normalized spacial score (nSPS) is 24.5. The van der Waals surface area contributed by atoms with E-state index in [1.807, 2.05) is 58.3 Å². The molecule has 0 bridgehead atoms. The van der Waals surface area contributed by atoms with E-state index in [-0.39, 0.29) is 30.8 Å². The van der Waals surface area contributed by atoms with Crippen LogP contribution in [0.15, 0.2) is 42.6 Å². The molecular weight excluding hydrogens is 488 g/mol. The number of hydrogen-bond acceptors (Lipinski definition) is 9. The van der Waals surface area contributed by atoms with Crippen molar-refractivity contribution < 1.29 is 14.6 Å². The fraction of sp³-hybridized carbons (Fsp3) is 0.444.